The van der Waals surface area contributed by atoms with Crippen LogP contribution >= 0.6 is 0 Å². The van der Waals surface area contributed by atoms with Crippen molar-refractivity contribution in [1.82, 2.24) is 4.90 Å². The van der Waals surface area contributed by atoms with Gasteiger partial charge in [0.2, 0.25) is 0 Å². The molecule has 2 atom stereocenters. The van der Waals surface area contributed by atoms with Crippen molar-refractivity contribution < 1.29 is 4.74 Å². The second kappa shape index (κ2) is 4.43. The van der Waals surface area contributed by atoms with Crippen LogP contribution in [0.1, 0.15) is 32.6 Å². The van der Waals surface area contributed by atoms with E-state index in [1.54, 1.807) is 0 Å². The monoisotopic (exact) mass is 183 g/mol. The van der Waals surface area contributed by atoms with Gasteiger partial charge in [-0.3, -0.25) is 4.90 Å². The highest BCUT2D eigenvalue weighted by atomic mass is 16.5. The second-order valence-electron chi connectivity index (χ2n) is 4.46. The maximum absolute atomic E-state index is 5.42. The topological polar surface area (TPSA) is 12.5 Å². The van der Waals surface area contributed by atoms with Gasteiger partial charge >= 0.3 is 0 Å². The Kier molecular flexibility index (Phi) is 3.23. The van der Waals surface area contributed by atoms with E-state index in [0.717, 1.165) is 25.2 Å². The summed E-state index contributed by atoms with van der Waals surface area (Å²) in [5.74, 6) is 0.977. The third-order valence-corrected chi connectivity index (χ3v) is 3.44. The number of rotatable bonds is 3. The molecule has 2 heteroatoms. The van der Waals surface area contributed by atoms with Crippen LogP contribution in [0, 0.1) is 5.92 Å². The molecule has 0 saturated carbocycles. The van der Waals surface area contributed by atoms with Crippen molar-refractivity contribution in [3.8, 4) is 0 Å². The van der Waals surface area contributed by atoms with E-state index in [-0.39, 0.29) is 0 Å². The van der Waals surface area contributed by atoms with Crippen LogP contribution in [0.5, 0.6) is 0 Å². The number of hydrogen-bond acceptors (Lipinski definition) is 2. The average molecular weight is 183 g/mol. The standard InChI is InChI=1S/C11H21NO/c1-2-3-10-4-6-12(8-10)11-5-7-13-9-11/h10-11H,2-9H2,1H3. The highest BCUT2D eigenvalue weighted by Crippen LogP contribution is 2.25. The third kappa shape index (κ3) is 2.23. The van der Waals surface area contributed by atoms with Crippen LogP contribution in [-0.2, 0) is 4.74 Å². The molecule has 0 spiro atoms. The minimum atomic E-state index is 0.752. The van der Waals surface area contributed by atoms with Crippen LogP contribution in [0.4, 0.5) is 0 Å². The van der Waals surface area contributed by atoms with E-state index in [0.29, 0.717) is 0 Å². The second-order valence-corrected chi connectivity index (χ2v) is 4.46. The van der Waals surface area contributed by atoms with Crippen LogP contribution < -0.4 is 0 Å². The third-order valence-electron chi connectivity index (χ3n) is 3.44. The molecular weight excluding hydrogens is 162 g/mol. The number of hydrogen-bond donors (Lipinski definition) is 0. The lowest BCUT2D eigenvalue weighted by Crippen LogP contribution is -2.33. The Bertz CT molecular complexity index is 154. The first-order valence-electron chi connectivity index (χ1n) is 5.72. The summed E-state index contributed by atoms with van der Waals surface area (Å²) in [6, 6.07) is 0.752. The molecule has 0 aromatic heterocycles. The highest BCUT2D eigenvalue weighted by molar-refractivity contribution is 4.83. The molecule has 0 aromatic rings. The Morgan fingerprint density at radius 2 is 2.31 bits per heavy atom. The molecule has 0 N–H and O–H groups in total. The lowest BCUT2D eigenvalue weighted by atomic mass is 10.0. The maximum Gasteiger partial charge on any atom is 0.0622 e. The molecule has 0 amide bonds. The van der Waals surface area contributed by atoms with Gasteiger partial charge in [0.25, 0.3) is 0 Å². The molecule has 13 heavy (non-hydrogen) atoms. The van der Waals surface area contributed by atoms with Gasteiger partial charge in [0.1, 0.15) is 0 Å². The van der Waals surface area contributed by atoms with Crippen molar-refractivity contribution in [3.63, 3.8) is 0 Å². The summed E-state index contributed by atoms with van der Waals surface area (Å²) < 4.78 is 5.42. The van der Waals surface area contributed by atoms with E-state index in [1.165, 1.54) is 38.8 Å². The molecular formula is C11H21NO. The molecule has 0 aliphatic carbocycles. The van der Waals surface area contributed by atoms with Gasteiger partial charge in [-0.05, 0) is 31.7 Å². The fourth-order valence-corrected chi connectivity index (χ4v) is 2.65. The molecule has 2 unspecified atom stereocenters. The predicted octanol–water partition coefficient (Wildman–Crippen LogP) is 1.90. The molecule has 0 radical (unpaired) electrons. The molecule has 2 saturated heterocycles. The summed E-state index contributed by atoms with van der Waals surface area (Å²) in [5, 5.41) is 0. The van der Waals surface area contributed by atoms with Gasteiger partial charge in [-0.15, -0.1) is 0 Å². The van der Waals surface area contributed by atoms with Crippen molar-refractivity contribution in [3.05, 3.63) is 0 Å². The molecule has 2 aliphatic heterocycles. The van der Waals surface area contributed by atoms with Gasteiger partial charge in [-0.25, -0.2) is 0 Å². The molecule has 2 fully saturated rings. The number of nitrogens with zero attached hydrogens (tertiary/aromatic N) is 1. The summed E-state index contributed by atoms with van der Waals surface area (Å²) >= 11 is 0. The first-order valence-corrected chi connectivity index (χ1v) is 5.72. The Morgan fingerprint density at radius 1 is 1.38 bits per heavy atom. The first-order chi connectivity index (χ1) is 6.40. The Balaban J connectivity index is 1.76. The minimum Gasteiger partial charge on any atom is -0.380 e. The van der Waals surface area contributed by atoms with Crippen molar-refractivity contribution >= 4 is 0 Å². The smallest absolute Gasteiger partial charge is 0.0622 e. The van der Waals surface area contributed by atoms with Crippen LogP contribution in [0.3, 0.4) is 0 Å². The molecule has 2 aliphatic rings. The zero-order valence-electron chi connectivity index (χ0n) is 8.67. The van der Waals surface area contributed by atoms with Crippen LogP contribution in [-0.4, -0.2) is 37.2 Å². The number of likely N-dealkylation sites (tertiary alicyclic amines) is 1. The van der Waals surface area contributed by atoms with E-state index in [1.807, 2.05) is 0 Å². The molecule has 2 rings (SSSR count). The maximum atomic E-state index is 5.42. The fraction of sp³-hybridized carbons (Fsp3) is 1.00. The first kappa shape index (κ1) is 9.47. The van der Waals surface area contributed by atoms with Gasteiger partial charge in [0.15, 0.2) is 0 Å². The molecule has 0 aromatic carbocycles. The van der Waals surface area contributed by atoms with E-state index < -0.39 is 0 Å². The van der Waals surface area contributed by atoms with E-state index in [4.69, 9.17) is 4.74 Å². The zero-order chi connectivity index (χ0) is 9.10. The largest absolute Gasteiger partial charge is 0.380 e. The highest BCUT2D eigenvalue weighted by Gasteiger charge is 2.29. The molecule has 2 nitrogen and oxygen atoms in total. The molecule has 0 bridgehead atoms. The summed E-state index contributed by atoms with van der Waals surface area (Å²) in [5.41, 5.74) is 0. The lowest BCUT2D eigenvalue weighted by molar-refractivity contribution is 0.156. The minimum absolute atomic E-state index is 0.752. The average Bonchev–Trinajstić information content (AvgIpc) is 2.70. The van der Waals surface area contributed by atoms with Gasteiger partial charge in [-0.2, -0.15) is 0 Å². The van der Waals surface area contributed by atoms with E-state index >= 15 is 0 Å². The van der Waals surface area contributed by atoms with E-state index in [9.17, 15) is 0 Å². The van der Waals surface area contributed by atoms with Gasteiger partial charge in [0, 0.05) is 19.2 Å². The van der Waals surface area contributed by atoms with Crippen molar-refractivity contribution in [2.45, 2.75) is 38.6 Å². The molecule has 2 heterocycles. The van der Waals surface area contributed by atoms with Crippen molar-refractivity contribution in [2.24, 2.45) is 5.92 Å². The SMILES string of the molecule is CCCC1CCN(C2CCOC2)C1. The summed E-state index contributed by atoms with van der Waals surface area (Å²) in [6.45, 7) is 6.92. The number of ether oxygens (including phenoxy) is 1. The Labute approximate surface area is 81.3 Å². The Hall–Kier alpha value is -0.0800. The summed E-state index contributed by atoms with van der Waals surface area (Å²) in [6.07, 6.45) is 5.45. The lowest BCUT2D eigenvalue weighted by Gasteiger charge is -2.22. The fourth-order valence-electron chi connectivity index (χ4n) is 2.65. The van der Waals surface area contributed by atoms with Crippen LogP contribution in [0.15, 0.2) is 0 Å². The van der Waals surface area contributed by atoms with Gasteiger partial charge < -0.3 is 4.74 Å². The quantitative estimate of drug-likeness (QED) is 0.662. The van der Waals surface area contributed by atoms with Gasteiger partial charge in [0.05, 0.1) is 6.61 Å². The zero-order valence-corrected chi connectivity index (χ0v) is 8.67. The van der Waals surface area contributed by atoms with Gasteiger partial charge in [-0.1, -0.05) is 13.3 Å². The summed E-state index contributed by atoms with van der Waals surface area (Å²) in [4.78, 5) is 2.65. The van der Waals surface area contributed by atoms with Crippen molar-refractivity contribution in [1.29, 1.82) is 0 Å². The predicted molar refractivity (Wildman–Crippen MR) is 53.8 cm³/mol. The van der Waals surface area contributed by atoms with Crippen LogP contribution in [0.2, 0.25) is 0 Å². The van der Waals surface area contributed by atoms with E-state index in [2.05, 4.69) is 11.8 Å². The normalized spacial score (nSPS) is 35.8. The van der Waals surface area contributed by atoms with Crippen molar-refractivity contribution in [2.75, 3.05) is 26.3 Å². The summed E-state index contributed by atoms with van der Waals surface area (Å²) in [7, 11) is 0. The van der Waals surface area contributed by atoms with Crippen LogP contribution in [0.25, 0.3) is 0 Å². The molecule has 76 valence electrons. The Morgan fingerprint density at radius 3 is 3.00 bits per heavy atom.